The highest BCUT2D eigenvalue weighted by Gasteiger charge is 2.28. The van der Waals surface area contributed by atoms with Crippen LogP contribution in [0.2, 0.25) is 0 Å². The van der Waals surface area contributed by atoms with Crippen LogP contribution in [0.1, 0.15) is 26.5 Å². The van der Waals surface area contributed by atoms with Gasteiger partial charge in [0.05, 0.1) is 48.0 Å². The number of aromatic nitrogens is 2. The van der Waals surface area contributed by atoms with Crippen molar-refractivity contribution in [1.82, 2.24) is 9.13 Å². The highest BCUT2D eigenvalue weighted by molar-refractivity contribution is 6.08. The number of carbonyl (C=O) groups is 2. The van der Waals surface area contributed by atoms with Gasteiger partial charge in [0.15, 0.2) is 23.0 Å². The SMILES string of the molecule is COC(=O)c1cc(COc2cc3c(=O)n(-c4ccccc4)c(C(=O)OC)c(-c4cc(OC)c(OC)c(OC)c4)c3cc2OC)cn1C. The predicted molar refractivity (Wildman–Crippen MR) is 174 cm³/mol. The first-order chi connectivity index (χ1) is 22.7. The Balaban J connectivity index is 1.83. The van der Waals surface area contributed by atoms with Crippen molar-refractivity contribution < 1.29 is 42.7 Å². The molecule has 0 amide bonds. The van der Waals surface area contributed by atoms with Gasteiger partial charge in [-0.2, -0.15) is 0 Å². The lowest BCUT2D eigenvalue weighted by Gasteiger charge is -2.21. The van der Waals surface area contributed by atoms with Crippen molar-refractivity contribution in [2.45, 2.75) is 6.61 Å². The first-order valence-electron chi connectivity index (χ1n) is 14.3. The van der Waals surface area contributed by atoms with Gasteiger partial charge >= 0.3 is 11.9 Å². The molecule has 47 heavy (non-hydrogen) atoms. The summed E-state index contributed by atoms with van der Waals surface area (Å²) in [5, 5.41) is 0.609. The zero-order valence-corrected chi connectivity index (χ0v) is 27.0. The van der Waals surface area contributed by atoms with Gasteiger partial charge in [-0.05, 0) is 48.0 Å². The van der Waals surface area contributed by atoms with Gasteiger partial charge in [0.2, 0.25) is 5.75 Å². The van der Waals surface area contributed by atoms with Crippen LogP contribution in [-0.2, 0) is 23.1 Å². The number of fused-ring (bicyclic) bond motifs is 1. The number of pyridine rings is 1. The van der Waals surface area contributed by atoms with Crippen LogP contribution in [-0.4, -0.2) is 63.7 Å². The van der Waals surface area contributed by atoms with Crippen LogP contribution >= 0.6 is 0 Å². The Bertz CT molecular complexity index is 2000. The maximum Gasteiger partial charge on any atom is 0.355 e. The molecule has 0 unspecified atom stereocenters. The van der Waals surface area contributed by atoms with E-state index in [-0.39, 0.29) is 23.4 Å². The number of benzene rings is 3. The third-order valence-corrected chi connectivity index (χ3v) is 7.66. The number of ether oxygens (including phenoxy) is 7. The Morgan fingerprint density at radius 3 is 1.89 bits per heavy atom. The quantitative estimate of drug-likeness (QED) is 0.178. The fraction of sp³-hybridized carbons (Fsp3) is 0.229. The second-order valence-corrected chi connectivity index (χ2v) is 10.3. The second-order valence-electron chi connectivity index (χ2n) is 10.3. The summed E-state index contributed by atoms with van der Waals surface area (Å²) < 4.78 is 41.7. The lowest BCUT2D eigenvalue weighted by Crippen LogP contribution is -2.27. The van der Waals surface area contributed by atoms with Gasteiger partial charge < -0.3 is 37.7 Å². The molecule has 0 saturated heterocycles. The van der Waals surface area contributed by atoms with Crippen LogP contribution in [0.25, 0.3) is 27.6 Å². The molecule has 5 aromatic rings. The van der Waals surface area contributed by atoms with E-state index in [1.165, 1.54) is 47.2 Å². The number of hydrogen-bond donors (Lipinski definition) is 0. The minimum Gasteiger partial charge on any atom is -0.493 e. The molecule has 12 heteroatoms. The largest absolute Gasteiger partial charge is 0.493 e. The van der Waals surface area contributed by atoms with Crippen molar-refractivity contribution in [3.8, 4) is 45.6 Å². The van der Waals surface area contributed by atoms with Crippen molar-refractivity contribution in [2.75, 3.05) is 42.7 Å². The summed E-state index contributed by atoms with van der Waals surface area (Å²) in [6.45, 7) is 0.0551. The predicted octanol–water partition coefficient (Wildman–Crippen LogP) is 5.18. The summed E-state index contributed by atoms with van der Waals surface area (Å²) in [5.41, 5.74) is 1.79. The molecular formula is C35H34N2O10. The molecule has 0 bridgehead atoms. The monoisotopic (exact) mass is 642 g/mol. The van der Waals surface area contributed by atoms with Crippen molar-refractivity contribution in [1.29, 1.82) is 0 Å². The van der Waals surface area contributed by atoms with Gasteiger partial charge in [0.25, 0.3) is 5.56 Å². The molecule has 12 nitrogen and oxygen atoms in total. The number of aryl methyl sites for hydroxylation is 1. The van der Waals surface area contributed by atoms with E-state index >= 15 is 0 Å². The number of para-hydroxylation sites is 1. The summed E-state index contributed by atoms with van der Waals surface area (Å²) in [7, 11) is 10.2. The molecule has 0 aliphatic rings. The summed E-state index contributed by atoms with van der Waals surface area (Å²) in [4.78, 5) is 40.2. The maximum atomic E-state index is 14.4. The fourth-order valence-electron chi connectivity index (χ4n) is 5.49. The zero-order chi connectivity index (χ0) is 33.8. The van der Waals surface area contributed by atoms with Crippen LogP contribution in [0.15, 0.2) is 71.7 Å². The summed E-state index contributed by atoms with van der Waals surface area (Å²) in [6.07, 6.45) is 1.74. The number of rotatable bonds is 11. The van der Waals surface area contributed by atoms with E-state index in [0.717, 1.165) is 0 Å². The Labute approximate surface area is 270 Å². The minimum atomic E-state index is -0.749. The lowest BCUT2D eigenvalue weighted by molar-refractivity contribution is 0.0582. The average molecular weight is 643 g/mol. The van der Waals surface area contributed by atoms with Crippen molar-refractivity contribution in [3.05, 3.63) is 94.2 Å². The molecule has 244 valence electrons. The van der Waals surface area contributed by atoms with Crippen LogP contribution in [0, 0.1) is 0 Å². The molecule has 0 atom stereocenters. The minimum absolute atomic E-state index is 0.0270. The second kappa shape index (κ2) is 13.6. The normalized spacial score (nSPS) is 10.8. The molecular weight excluding hydrogens is 608 g/mol. The van der Waals surface area contributed by atoms with Gasteiger partial charge in [-0.1, -0.05) is 18.2 Å². The molecule has 0 saturated carbocycles. The number of esters is 2. The molecule has 2 heterocycles. The number of carbonyl (C=O) groups excluding carboxylic acids is 2. The average Bonchev–Trinajstić information content (AvgIpc) is 3.49. The molecule has 2 aromatic heterocycles. The van der Waals surface area contributed by atoms with Crippen molar-refractivity contribution in [3.63, 3.8) is 0 Å². The third kappa shape index (κ3) is 5.92. The first kappa shape index (κ1) is 32.5. The molecule has 5 rings (SSSR count). The highest BCUT2D eigenvalue weighted by atomic mass is 16.5. The van der Waals surface area contributed by atoms with E-state index in [2.05, 4.69) is 0 Å². The summed E-state index contributed by atoms with van der Waals surface area (Å²) in [6, 6.07) is 17.0. The first-order valence-corrected chi connectivity index (χ1v) is 14.3. The summed E-state index contributed by atoms with van der Waals surface area (Å²) in [5.74, 6) is 0.354. The smallest absolute Gasteiger partial charge is 0.355 e. The maximum absolute atomic E-state index is 14.4. The van der Waals surface area contributed by atoms with Crippen LogP contribution in [0.3, 0.4) is 0 Å². The van der Waals surface area contributed by atoms with Crippen molar-refractivity contribution in [2.24, 2.45) is 7.05 Å². The van der Waals surface area contributed by atoms with E-state index < -0.39 is 17.5 Å². The number of nitrogens with zero attached hydrogens (tertiary/aromatic N) is 2. The topological polar surface area (TPSA) is 126 Å². The molecule has 0 N–H and O–H groups in total. The summed E-state index contributed by atoms with van der Waals surface area (Å²) >= 11 is 0. The van der Waals surface area contributed by atoms with E-state index in [4.69, 9.17) is 33.2 Å². The van der Waals surface area contributed by atoms with Crippen LogP contribution < -0.4 is 29.2 Å². The van der Waals surface area contributed by atoms with Crippen LogP contribution in [0.4, 0.5) is 0 Å². The van der Waals surface area contributed by atoms with Gasteiger partial charge in [-0.25, -0.2) is 9.59 Å². The van der Waals surface area contributed by atoms with Gasteiger partial charge in [0, 0.05) is 35.4 Å². The number of methoxy groups -OCH3 is 6. The highest BCUT2D eigenvalue weighted by Crippen LogP contribution is 2.45. The third-order valence-electron chi connectivity index (χ3n) is 7.66. The van der Waals surface area contributed by atoms with E-state index in [0.29, 0.717) is 56.5 Å². The van der Waals surface area contributed by atoms with Gasteiger partial charge in [-0.15, -0.1) is 0 Å². The Kier molecular flexibility index (Phi) is 9.41. The molecule has 0 radical (unpaired) electrons. The Morgan fingerprint density at radius 1 is 0.702 bits per heavy atom. The standard InChI is InChI=1S/C35H34N2O10/c1-36-18-20(13-25(36)34(39)45-6)19-47-27-17-24-23(16-26(27)41-2)30(21-14-28(42-3)32(44-5)29(15-21)43-4)31(35(40)46-7)37(33(24)38)22-11-9-8-10-12-22/h8-18H,19H2,1-7H3. The van der Waals surface area contributed by atoms with E-state index in [9.17, 15) is 14.4 Å². The Morgan fingerprint density at radius 2 is 1.32 bits per heavy atom. The molecule has 0 spiro atoms. The lowest BCUT2D eigenvalue weighted by atomic mass is 9.95. The zero-order valence-electron chi connectivity index (χ0n) is 27.0. The van der Waals surface area contributed by atoms with Crippen molar-refractivity contribution >= 4 is 22.7 Å². The van der Waals surface area contributed by atoms with Crippen LogP contribution in [0.5, 0.6) is 28.7 Å². The van der Waals surface area contributed by atoms with Gasteiger partial charge in [0.1, 0.15) is 18.0 Å². The molecule has 0 aliphatic heterocycles. The number of hydrogen-bond acceptors (Lipinski definition) is 10. The Hall–Kier alpha value is -5.91. The molecule has 0 aliphatic carbocycles. The molecule has 0 fully saturated rings. The fourth-order valence-corrected chi connectivity index (χ4v) is 5.49. The molecule has 3 aromatic carbocycles. The van der Waals surface area contributed by atoms with E-state index in [1.807, 2.05) is 0 Å². The van der Waals surface area contributed by atoms with E-state index in [1.54, 1.807) is 78.5 Å². The van der Waals surface area contributed by atoms with Gasteiger partial charge in [-0.3, -0.25) is 9.36 Å².